The molecule has 0 aromatic heterocycles. The van der Waals surface area contributed by atoms with Gasteiger partial charge in [-0.3, -0.25) is 4.79 Å². The second-order valence-corrected chi connectivity index (χ2v) is 2.38. The van der Waals surface area contributed by atoms with Crippen LogP contribution in [-0.2, 0) is 4.79 Å². The van der Waals surface area contributed by atoms with E-state index in [1.165, 1.54) is 13.8 Å². The number of hydrogen-bond donors (Lipinski definition) is 2. The Hall–Kier alpha value is 0.430. The van der Waals surface area contributed by atoms with Crippen molar-refractivity contribution in [3.63, 3.8) is 0 Å². The van der Waals surface area contributed by atoms with Gasteiger partial charge in [0.25, 0.3) is 0 Å². The number of hydrogen-bond acceptors (Lipinski definition) is 2. The maximum absolute atomic E-state index is 9.85. The monoisotopic (exact) mass is 141 g/mol. The van der Waals surface area contributed by atoms with Crippen LogP contribution in [0.3, 0.4) is 0 Å². The van der Waals surface area contributed by atoms with Crippen molar-refractivity contribution in [2.75, 3.05) is 0 Å². The molecule has 0 aliphatic heterocycles. The molecule has 9 heavy (non-hydrogen) atoms. The SMILES string of the molecule is CC(C)(O)CC(=O)O.[Na]. The van der Waals surface area contributed by atoms with Crippen LogP contribution >= 0.6 is 0 Å². The molecule has 0 aromatic rings. The van der Waals surface area contributed by atoms with E-state index in [0.717, 1.165) is 0 Å². The maximum Gasteiger partial charge on any atom is 0.306 e. The van der Waals surface area contributed by atoms with Crippen LogP contribution in [0.4, 0.5) is 0 Å². The molecule has 0 saturated heterocycles. The van der Waals surface area contributed by atoms with Crippen molar-refractivity contribution in [3.8, 4) is 0 Å². The van der Waals surface area contributed by atoms with Crippen molar-refractivity contribution in [3.05, 3.63) is 0 Å². The van der Waals surface area contributed by atoms with Crippen molar-refractivity contribution in [2.45, 2.75) is 25.9 Å². The first-order valence-corrected chi connectivity index (χ1v) is 2.36. The molecule has 0 heterocycles. The van der Waals surface area contributed by atoms with Crippen molar-refractivity contribution in [1.82, 2.24) is 0 Å². The van der Waals surface area contributed by atoms with E-state index in [-0.39, 0.29) is 36.0 Å². The second kappa shape index (κ2) is 4.28. The summed E-state index contributed by atoms with van der Waals surface area (Å²) in [5, 5.41) is 16.9. The van der Waals surface area contributed by atoms with Crippen molar-refractivity contribution < 1.29 is 15.0 Å². The van der Waals surface area contributed by atoms with E-state index in [4.69, 9.17) is 10.2 Å². The van der Waals surface area contributed by atoms with Gasteiger partial charge < -0.3 is 10.2 Å². The Bertz CT molecular complexity index is 94.9. The van der Waals surface area contributed by atoms with Gasteiger partial charge in [-0.2, -0.15) is 0 Å². The number of rotatable bonds is 2. The molecular weight excluding hydrogens is 131 g/mol. The molecule has 3 nitrogen and oxygen atoms in total. The van der Waals surface area contributed by atoms with E-state index in [1.807, 2.05) is 0 Å². The number of carboxylic acid groups (broad SMARTS) is 1. The van der Waals surface area contributed by atoms with Gasteiger partial charge in [-0.15, -0.1) is 0 Å². The number of carboxylic acids is 1. The molecule has 49 valence electrons. The van der Waals surface area contributed by atoms with E-state index in [2.05, 4.69) is 0 Å². The summed E-state index contributed by atoms with van der Waals surface area (Å²) in [6.45, 7) is 2.92. The minimum atomic E-state index is -1.08. The Balaban J connectivity index is 0. The molecule has 4 heteroatoms. The van der Waals surface area contributed by atoms with Crippen LogP contribution in [0.25, 0.3) is 0 Å². The van der Waals surface area contributed by atoms with Gasteiger partial charge in [-0.05, 0) is 13.8 Å². The number of carbonyl (C=O) groups is 1. The minimum absolute atomic E-state index is 0. The van der Waals surface area contributed by atoms with Crippen LogP contribution in [0.15, 0.2) is 0 Å². The summed E-state index contributed by atoms with van der Waals surface area (Å²) in [6.07, 6.45) is -0.201. The third-order valence-corrected chi connectivity index (χ3v) is 0.584. The zero-order valence-electron chi connectivity index (χ0n) is 6.01. The Morgan fingerprint density at radius 3 is 1.89 bits per heavy atom. The van der Waals surface area contributed by atoms with Gasteiger partial charge in [0.15, 0.2) is 0 Å². The fourth-order valence-electron chi connectivity index (χ4n) is 0.370. The van der Waals surface area contributed by atoms with Crippen LogP contribution in [0.5, 0.6) is 0 Å². The van der Waals surface area contributed by atoms with Crippen LogP contribution in [0, 0.1) is 0 Å². The fraction of sp³-hybridized carbons (Fsp3) is 0.800. The van der Waals surface area contributed by atoms with Gasteiger partial charge in [0, 0.05) is 29.6 Å². The van der Waals surface area contributed by atoms with E-state index in [1.54, 1.807) is 0 Å². The van der Waals surface area contributed by atoms with Crippen molar-refractivity contribution in [2.24, 2.45) is 0 Å². The van der Waals surface area contributed by atoms with Gasteiger partial charge in [0.05, 0.1) is 12.0 Å². The zero-order valence-corrected chi connectivity index (χ0v) is 8.01. The summed E-state index contributed by atoms with van der Waals surface area (Å²) in [4.78, 5) is 9.85. The molecule has 0 amide bonds. The number of aliphatic carboxylic acids is 1. The predicted molar refractivity (Wildman–Crippen MR) is 34.3 cm³/mol. The van der Waals surface area contributed by atoms with E-state index in [9.17, 15) is 4.79 Å². The largest absolute Gasteiger partial charge is 0.481 e. The molecule has 0 aliphatic rings. The molecule has 0 rings (SSSR count). The molecule has 0 aliphatic carbocycles. The Kier molecular flexibility index (Phi) is 5.77. The fourth-order valence-corrected chi connectivity index (χ4v) is 0.370. The van der Waals surface area contributed by atoms with Gasteiger partial charge in [-0.25, -0.2) is 0 Å². The quantitative estimate of drug-likeness (QED) is 0.526. The van der Waals surface area contributed by atoms with Crippen molar-refractivity contribution >= 4 is 35.5 Å². The molecule has 0 bridgehead atoms. The van der Waals surface area contributed by atoms with Gasteiger partial charge >= 0.3 is 5.97 Å². The van der Waals surface area contributed by atoms with Gasteiger partial charge in [-0.1, -0.05) is 0 Å². The Morgan fingerprint density at radius 1 is 1.56 bits per heavy atom. The van der Waals surface area contributed by atoms with E-state index in [0.29, 0.717) is 0 Å². The first kappa shape index (κ1) is 12.1. The molecule has 0 aromatic carbocycles. The van der Waals surface area contributed by atoms with Crippen molar-refractivity contribution in [1.29, 1.82) is 0 Å². The minimum Gasteiger partial charge on any atom is -0.481 e. The molecular formula is C5H10NaO3. The Morgan fingerprint density at radius 2 is 1.89 bits per heavy atom. The van der Waals surface area contributed by atoms with Crippen LogP contribution in [0.2, 0.25) is 0 Å². The molecule has 0 atom stereocenters. The number of aliphatic hydroxyl groups is 1. The maximum atomic E-state index is 9.85. The topological polar surface area (TPSA) is 57.5 Å². The summed E-state index contributed by atoms with van der Waals surface area (Å²) in [7, 11) is 0. The molecule has 0 unspecified atom stereocenters. The standard InChI is InChI=1S/C5H10O3.Na/c1-5(2,8)3-4(6)7;/h8H,3H2,1-2H3,(H,6,7);. The summed E-state index contributed by atoms with van der Waals surface area (Å²) in [5.74, 6) is -0.975. The van der Waals surface area contributed by atoms with E-state index >= 15 is 0 Å². The summed E-state index contributed by atoms with van der Waals surface area (Å²) in [6, 6.07) is 0. The third-order valence-electron chi connectivity index (χ3n) is 0.584. The molecule has 0 fully saturated rings. The Labute approximate surface area is 76.4 Å². The van der Waals surface area contributed by atoms with Crippen LogP contribution < -0.4 is 0 Å². The average Bonchev–Trinajstić information content (AvgIpc) is 1.21. The first-order valence-electron chi connectivity index (χ1n) is 2.36. The van der Waals surface area contributed by atoms with Gasteiger partial charge in [0.2, 0.25) is 0 Å². The van der Waals surface area contributed by atoms with Gasteiger partial charge in [0.1, 0.15) is 0 Å². The smallest absolute Gasteiger partial charge is 0.306 e. The first-order chi connectivity index (χ1) is 3.42. The molecule has 2 N–H and O–H groups in total. The molecule has 0 saturated carbocycles. The second-order valence-electron chi connectivity index (χ2n) is 2.38. The molecule has 1 radical (unpaired) electrons. The van der Waals surface area contributed by atoms with E-state index < -0.39 is 11.6 Å². The third kappa shape index (κ3) is 11.8. The summed E-state index contributed by atoms with van der Waals surface area (Å²) >= 11 is 0. The summed E-state index contributed by atoms with van der Waals surface area (Å²) < 4.78 is 0. The van der Waals surface area contributed by atoms with Crippen LogP contribution in [0.1, 0.15) is 20.3 Å². The van der Waals surface area contributed by atoms with Crippen LogP contribution in [-0.4, -0.2) is 51.3 Å². The normalized spacial score (nSPS) is 10.1. The zero-order chi connectivity index (χ0) is 6.78. The predicted octanol–water partition coefficient (Wildman–Crippen LogP) is -0.149. The summed E-state index contributed by atoms with van der Waals surface area (Å²) in [5.41, 5.74) is -1.08. The molecule has 0 spiro atoms. The average molecular weight is 141 g/mol.